The second-order valence-corrected chi connectivity index (χ2v) is 10.9. The Labute approximate surface area is 279 Å². The van der Waals surface area contributed by atoms with Gasteiger partial charge in [-0.3, -0.25) is 20.2 Å². The van der Waals surface area contributed by atoms with Crippen molar-refractivity contribution in [2.75, 3.05) is 13.2 Å². The van der Waals surface area contributed by atoms with Crippen molar-refractivity contribution >= 4 is 57.8 Å². The molecule has 0 aromatic heterocycles. The number of hydrogen-bond donors (Lipinski definition) is 0. The van der Waals surface area contributed by atoms with Gasteiger partial charge in [0, 0.05) is 33.3 Å². The van der Waals surface area contributed by atoms with Crippen molar-refractivity contribution in [1.82, 2.24) is 0 Å². The van der Waals surface area contributed by atoms with E-state index < -0.39 is 80.9 Å². The topological polar surface area (TPSA) is 114 Å². The maximum Gasteiger partial charge on any atom is 0.422 e. The fourth-order valence-corrected chi connectivity index (χ4v) is 5.18. The lowest BCUT2D eigenvalue weighted by Crippen LogP contribution is -2.20. The van der Waals surface area contributed by atoms with Crippen LogP contribution in [0.3, 0.4) is 0 Å². The number of halogens is 10. The lowest BCUT2D eigenvalue weighted by atomic mass is 10.0. The Kier molecular flexibility index (Phi) is 10.5. The second-order valence-electron chi connectivity index (χ2n) is 9.25. The summed E-state index contributed by atoms with van der Waals surface area (Å²) in [5.41, 5.74) is -3.24. The van der Waals surface area contributed by atoms with Gasteiger partial charge in [0.05, 0.1) is 31.0 Å². The summed E-state index contributed by atoms with van der Waals surface area (Å²) >= 11 is 24.6. The van der Waals surface area contributed by atoms with Crippen molar-refractivity contribution in [2.24, 2.45) is 0 Å². The van der Waals surface area contributed by atoms with Crippen LogP contribution in [0.15, 0.2) is 60.7 Å². The molecule has 0 amide bonds. The summed E-state index contributed by atoms with van der Waals surface area (Å²) < 4.78 is 95.3. The maximum atomic E-state index is 13.3. The maximum absolute atomic E-state index is 13.3. The quantitative estimate of drug-likeness (QED) is 0.0901. The van der Waals surface area contributed by atoms with E-state index in [2.05, 4.69) is 0 Å². The van der Waals surface area contributed by atoms with Crippen LogP contribution in [0.4, 0.5) is 37.7 Å². The Balaban J connectivity index is 2.07. The highest BCUT2D eigenvalue weighted by molar-refractivity contribution is 6.37. The van der Waals surface area contributed by atoms with Gasteiger partial charge in [-0.05, 0) is 36.4 Å². The van der Waals surface area contributed by atoms with Crippen LogP contribution in [0.25, 0.3) is 22.3 Å². The van der Waals surface area contributed by atoms with Crippen LogP contribution in [-0.4, -0.2) is 35.4 Å². The van der Waals surface area contributed by atoms with Gasteiger partial charge in [0.2, 0.25) is 11.5 Å². The summed E-state index contributed by atoms with van der Waals surface area (Å²) in [7, 11) is 0. The van der Waals surface area contributed by atoms with Crippen LogP contribution in [0, 0.1) is 20.2 Å². The lowest BCUT2D eigenvalue weighted by Gasteiger charge is -2.21. The van der Waals surface area contributed by atoms with E-state index in [0.29, 0.717) is 0 Å². The first-order chi connectivity index (χ1) is 21.9. The summed E-state index contributed by atoms with van der Waals surface area (Å²) in [4.78, 5) is 21.7. The van der Waals surface area contributed by atoms with Gasteiger partial charge in [0.25, 0.3) is 0 Å². The van der Waals surface area contributed by atoms with Crippen LogP contribution in [-0.2, 0) is 0 Å². The molecule has 0 heterocycles. The summed E-state index contributed by atoms with van der Waals surface area (Å²) in [6.45, 7) is -3.98. The number of hydrogen-bond acceptors (Lipinski definition) is 7. The predicted octanol–water partition coefficient (Wildman–Crippen LogP) is 11.1. The highest BCUT2D eigenvalue weighted by Crippen LogP contribution is 2.52. The van der Waals surface area contributed by atoms with Crippen molar-refractivity contribution in [3.63, 3.8) is 0 Å². The van der Waals surface area contributed by atoms with E-state index in [1.807, 2.05) is 0 Å². The molecule has 4 aromatic rings. The van der Waals surface area contributed by atoms with E-state index in [0.717, 1.165) is 24.3 Å². The number of alkyl halides is 6. The molecule has 4 aromatic carbocycles. The third-order valence-electron chi connectivity index (χ3n) is 5.97. The van der Waals surface area contributed by atoms with Crippen molar-refractivity contribution in [2.45, 2.75) is 12.4 Å². The molecule has 248 valence electrons. The fourth-order valence-electron chi connectivity index (χ4n) is 4.18. The number of nitrogens with zero attached hydrogens (tertiary/aromatic N) is 2. The first-order valence-electron chi connectivity index (χ1n) is 12.5. The molecule has 0 aliphatic rings. The lowest BCUT2D eigenvalue weighted by molar-refractivity contribution is -0.386. The van der Waals surface area contributed by atoms with E-state index in [9.17, 15) is 46.6 Å². The summed E-state index contributed by atoms with van der Waals surface area (Å²) in [5, 5.41) is 23.5. The van der Waals surface area contributed by atoms with Crippen LogP contribution >= 0.6 is 46.4 Å². The molecule has 0 N–H and O–H groups in total. The van der Waals surface area contributed by atoms with E-state index >= 15 is 0 Å². The monoisotopic (exact) mass is 744 g/mol. The summed E-state index contributed by atoms with van der Waals surface area (Å²) in [5.74, 6) is -2.87. The summed E-state index contributed by atoms with van der Waals surface area (Å²) in [6, 6.07) is 10.6. The standard InChI is InChI=1S/C28H14Cl4F6N2O7/c29-13-1-3-15(17(31)9-13)23-21(7-5-19(39(41)42)25(23)45-11-27(33,34)35)47-22-8-6-20(40(43)44)26(46-12-28(36,37)38)24(22)16-4-2-14(30)10-18(16)32/h1-10H,11-12H2. The summed E-state index contributed by atoms with van der Waals surface area (Å²) in [6.07, 6.45) is -9.93. The van der Waals surface area contributed by atoms with Gasteiger partial charge in [-0.1, -0.05) is 58.5 Å². The third kappa shape index (κ3) is 8.60. The van der Waals surface area contributed by atoms with Crippen LogP contribution in [0.1, 0.15) is 0 Å². The molecule has 0 atom stereocenters. The van der Waals surface area contributed by atoms with E-state index in [4.69, 9.17) is 60.6 Å². The SMILES string of the molecule is O=[N+]([O-])c1ccc(Oc2ccc([N+](=O)[O-])c(OCC(F)(F)F)c2-c2ccc(Cl)cc2Cl)c(-c2ccc(Cl)cc2Cl)c1OCC(F)(F)F. The Morgan fingerprint density at radius 2 is 0.957 bits per heavy atom. The molecule has 47 heavy (non-hydrogen) atoms. The van der Waals surface area contributed by atoms with E-state index in [1.54, 1.807) is 0 Å². The number of nitro benzene ring substituents is 2. The van der Waals surface area contributed by atoms with Crippen LogP contribution < -0.4 is 14.2 Å². The molecule has 0 spiro atoms. The molecule has 19 heteroatoms. The molecule has 0 fully saturated rings. The molecular formula is C28H14Cl4F6N2O7. The zero-order valence-electron chi connectivity index (χ0n) is 22.7. The Morgan fingerprint density at radius 1 is 0.596 bits per heavy atom. The average molecular weight is 746 g/mol. The Morgan fingerprint density at radius 3 is 1.26 bits per heavy atom. The number of nitro groups is 2. The van der Waals surface area contributed by atoms with Gasteiger partial charge >= 0.3 is 23.7 Å². The van der Waals surface area contributed by atoms with Gasteiger partial charge in [0.1, 0.15) is 11.5 Å². The number of rotatable bonds is 10. The van der Waals surface area contributed by atoms with Gasteiger partial charge in [-0.15, -0.1) is 0 Å². The highest BCUT2D eigenvalue weighted by atomic mass is 35.5. The highest BCUT2D eigenvalue weighted by Gasteiger charge is 2.35. The minimum absolute atomic E-state index is 0.0749. The average Bonchev–Trinajstić information content (AvgIpc) is 2.94. The Bertz CT molecular complexity index is 1740. The van der Waals surface area contributed by atoms with Gasteiger partial charge < -0.3 is 14.2 Å². The molecule has 0 unspecified atom stereocenters. The van der Waals surface area contributed by atoms with Crippen molar-refractivity contribution in [1.29, 1.82) is 0 Å². The minimum Gasteiger partial charge on any atom is -0.477 e. The van der Waals surface area contributed by atoms with Crippen molar-refractivity contribution in [3.8, 4) is 45.3 Å². The predicted molar refractivity (Wildman–Crippen MR) is 160 cm³/mol. The minimum atomic E-state index is -4.96. The van der Waals surface area contributed by atoms with Crippen molar-refractivity contribution in [3.05, 3.63) is 101 Å². The van der Waals surface area contributed by atoms with E-state index in [1.165, 1.54) is 36.4 Å². The molecule has 9 nitrogen and oxygen atoms in total. The van der Waals surface area contributed by atoms with Crippen LogP contribution in [0.2, 0.25) is 20.1 Å². The number of benzene rings is 4. The zero-order valence-corrected chi connectivity index (χ0v) is 25.7. The molecule has 0 aliphatic carbocycles. The van der Waals surface area contributed by atoms with E-state index in [-0.39, 0.29) is 31.2 Å². The normalized spacial score (nSPS) is 11.7. The molecule has 0 radical (unpaired) electrons. The smallest absolute Gasteiger partial charge is 0.422 e. The Hall–Kier alpha value is -4.18. The molecule has 0 bridgehead atoms. The van der Waals surface area contributed by atoms with Crippen LogP contribution in [0.5, 0.6) is 23.0 Å². The number of ether oxygens (including phenoxy) is 3. The molecular weight excluding hydrogens is 732 g/mol. The van der Waals surface area contributed by atoms with Gasteiger partial charge in [-0.25, -0.2) is 0 Å². The molecule has 0 saturated heterocycles. The zero-order chi connectivity index (χ0) is 34.8. The molecule has 0 aliphatic heterocycles. The largest absolute Gasteiger partial charge is 0.477 e. The third-order valence-corrected chi connectivity index (χ3v) is 7.07. The molecule has 0 saturated carbocycles. The first-order valence-corrected chi connectivity index (χ1v) is 14.0. The fraction of sp³-hybridized carbons (Fsp3) is 0.143. The van der Waals surface area contributed by atoms with Gasteiger partial charge in [-0.2, -0.15) is 26.3 Å². The van der Waals surface area contributed by atoms with Gasteiger partial charge in [0.15, 0.2) is 13.2 Å². The first kappa shape index (κ1) is 35.7. The van der Waals surface area contributed by atoms with Crippen molar-refractivity contribution < 1.29 is 50.4 Å². The second kappa shape index (κ2) is 13.9. The molecule has 4 rings (SSSR count).